The van der Waals surface area contributed by atoms with E-state index in [4.69, 9.17) is 0 Å². The number of likely N-dealkylation sites (N-methyl/N-ethyl adjacent to an activating group) is 1. The van der Waals surface area contributed by atoms with Gasteiger partial charge in [-0.05, 0) is 32.5 Å². The number of aromatic nitrogens is 1. The summed E-state index contributed by atoms with van der Waals surface area (Å²) in [6, 6.07) is 6.76. The van der Waals surface area contributed by atoms with Crippen molar-refractivity contribution in [2.75, 3.05) is 13.6 Å². The van der Waals surface area contributed by atoms with Gasteiger partial charge in [0.1, 0.15) is 0 Å². The molecular weight excluding hydrogens is 172 g/mol. The Morgan fingerprint density at radius 1 is 1.43 bits per heavy atom. The van der Waals surface area contributed by atoms with Gasteiger partial charge in [0.15, 0.2) is 0 Å². The minimum absolute atomic E-state index is 0.665. The number of hydrogen-bond donors (Lipinski definition) is 0. The maximum atomic E-state index is 4.31. The van der Waals surface area contributed by atoms with Gasteiger partial charge < -0.3 is 4.90 Å². The molecule has 1 rings (SSSR count). The van der Waals surface area contributed by atoms with Gasteiger partial charge in [-0.1, -0.05) is 13.0 Å². The lowest BCUT2D eigenvalue weighted by Gasteiger charge is -2.22. The molecule has 0 radical (unpaired) electrons. The second-order valence-electron chi connectivity index (χ2n) is 3.81. The van der Waals surface area contributed by atoms with E-state index in [1.807, 2.05) is 18.3 Å². The predicted molar refractivity (Wildman–Crippen MR) is 60.3 cm³/mol. The first kappa shape index (κ1) is 11.2. The molecule has 0 aliphatic carbocycles. The highest BCUT2D eigenvalue weighted by molar-refractivity contribution is 5.03. The molecule has 14 heavy (non-hydrogen) atoms. The Morgan fingerprint density at radius 2 is 2.21 bits per heavy atom. The van der Waals surface area contributed by atoms with Gasteiger partial charge in [-0.2, -0.15) is 0 Å². The average molecular weight is 192 g/mol. The first-order chi connectivity index (χ1) is 6.74. The van der Waals surface area contributed by atoms with Gasteiger partial charge >= 0.3 is 0 Å². The van der Waals surface area contributed by atoms with Gasteiger partial charge in [-0.15, -0.1) is 0 Å². The third-order valence-electron chi connectivity index (χ3n) is 2.79. The van der Waals surface area contributed by atoms with Crippen LogP contribution in [-0.2, 0) is 6.42 Å². The number of nitrogens with zero attached hydrogens (tertiary/aromatic N) is 2. The van der Waals surface area contributed by atoms with E-state index in [0.29, 0.717) is 6.04 Å². The zero-order valence-corrected chi connectivity index (χ0v) is 9.40. The zero-order valence-electron chi connectivity index (χ0n) is 9.40. The molecule has 1 heterocycles. The van der Waals surface area contributed by atoms with Gasteiger partial charge in [0.2, 0.25) is 0 Å². The molecule has 78 valence electrons. The van der Waals surface area contributed by atoms with Crippen molar-refractivity contribution in [2.24, 2.45) is 0 Å². The van der Waals surface area contributed by atoms with Crippen molar-refractivity contribution in [3.8, 4) is 0 Å². The third-order valence-corrected chi connectivity index (χ3v) is 2.79. The molecule has 0 aromatic carbocycles. The highest BCUT2D eigenvalue weighted by atomic mass is 15.1. The van der Waals surface area contributed by atoms with Crippen LogP contribution in [0.4, 0.5) is 0 Å². The van der Waals surface area contributed by atoms with Crippen LogP contribution in [0.2, 0.25) is 0 Å². The summed E-state index contributed by atoms with van der Waals surface area (Å²) in [6.45, 7) is 5.58. The normalized spacial score (nSPS) is 13.1. The Kier molecular flexibility index (Phi) is 4.60. The Hall–Kier alpha value is -0.890. The summed E-state index contributed by atoms with van der Waals surface area (Å²) in [5.41, 5.74) is 1.18. The van der Waals surface area contributed by atoms with Crippen molar-refractivity contribution in [3.05, 3.63) is 30.1 Å². The van der Waals surface area contributed by atoms with Gasteiger partial charge in [0.25, 0.3) is 0 Å². The van der Waals surface area contributed by atoms with Crippen LogP contribution in [0.1, 0.15) is 26.0 Å². The summed E-state index contributed by atoms with van der Waals surface area (Å²) < 4.78 is 0. The van der Waals surface area contributed by atoms with E-state index >= 15 is 0 Å². The summed E-state index contributed by atoms with van der Waals surface area (Å²) in [6.07, 6.45) is 4.11. The molecule has 0 saturated carbocycles. The molecule has 0 saturated heterocycles. The summed E-state index contributed by atoms with van der Waals surface area (Å²) in [5, 5.41) is 0. The number of hydrogen-bond acceptors (Lipinski definition) is 2. The van der Waals surface area contributed by atoms with Crippen LogP contribution in [0.25, 0.3) is 0 Å². The fraction of sp³-hybridized carbons (Fsp3) is 0.583. The lowest BCUT2D eigenvalue weighted by Crippen LogP contribution is -2.30. The van der Waals surface area contributed by atoms with Gasteiger partial charge in [-0.3, -0.25) is 4.98 Å². The molecule has 1 aromatic heterocycles. The predicted octanol–water partition coefficient (Wildman–Crippen LogP) is 2.35. The quantitative estimate of drug-likeness (QED) is 0.712. The van der Waals surface area contributed by atoms with Gasteiger partial charge in [0, 0.05) is 30.9 Å². The summed E-state index contributed by atoms with van der Waals surface area (Å²) >= 11 is 0. The smallest absolute Gasteiger partial charge is 0.0416 e. The summed E-state index contributed by atoms with van der Waals surface area (Å²) in [5.74, 6) is 0. The van der Waals surface area contributed by atoms with E-state index in [-0.39, 0.29) is 0 Å². The molecule has 1 atom stereocenters. The molecule has 0 aliphatic rings. The standard InChI is InChI=1S/C12H20N2/c1-4-11(2)14(3)10-8-12-7-5-6-9-13-12/h5-7,9,11H,4,8,10H2,1-3H3/t11-/m0/s1. The van der Waals surface area contributed by atoms with Crippen molar-refractivity contribution in [2.45, 2.75) is 32.7 Å². The minimum atomic E-state index is 0.665. The van der Waals surface area contributed by atoms with Crippen LogP contribution in [0.3, 0.4) is 0 Å². The molecule has 0 bridgehead atoms. The first-order valence-corrected chi connectivity index (χ1v) is 5.34. The second-order valence-corrected chi connectivity index (χ2v) is 3.81. The fourth-order valence-corrected chi connectivity index (χ4v) is 1.37. The molecule has 0 N–H and O–H groups in total. The Balaban J connectivity index is 2.34. The van der Waals surface area contributed by atoms with Gasteiger partial charge in [0.05, 0.1) is 0 Å². The van der Waals surface area contributed by atoms with Crippen LogP contribution < -0.4 is 0 Å². The molecule has 0 aliphatic heterocycles. The molecule has 1 aromatic rings. The SMILES string of the molecule is CC[C@H](C)N(C)CCc1ccccn1. The maximum absolute atomic E-state index is 4.31. The van der Waals surface area contributed by atoms with E-state index in [1.165, 1.54) is 12.1 Å². The monoisotopic (exact) mass is 192 g/mol. The van der Waals surface area contributed by atoms with Crippen molar-refractivity contribution in [3.63, 3.8) is 0 Å². The highest BCUT2D eigenvalue weighted by Crippen LogP contribution is 2.02. The molecule has 0 spiro atoms. The average Bonchev–Trinajstić information content (AvgIpc) is 2.26. The molecule has 0 amide bonds. The second kappa shape index (κ2) is 5.76. The number of rotatable bonds is 5. The van der Waals surface area contributed by atoms with E-state index < -0.39 is 0 Å². The van der Waals surface area contributed by atoms with Crippen molar-refractivity contribution in [1.82, 2.24) is 9.88 Å². The lowest BCUT2D eigenvalue weighted by molar-refractivity contribution is 0.254. The van der Waals surface area contributed by atoms with Crippen molar-refractivity contribution < 1.29 is 0 Å². The fourth-order valence-electron chi connectivity index (χ4n) is 1.37. The van der Waals surface area contributed by atoms with Crippen LogP contribution >= 0.6 is 0 Å². The van der Waals surface area contributed by atoms with Crippen molar-refractivity contribution >= 4 is 0 Å². The largest absolute Gasteiger partial charge is 0.303 e. The Bertz CT molecular complexity index is 246. The zero-order chi connectivity index (χ0) is 10.4. The Morgan fingerprint density at radius 3 is 2.79 bits per heavy atom. The van der Waals surface area contributed by atoms with Gasteiger partial charge in [-0.25, -0.2) is 0 Å². The van der Waals surface area contributed by atoms with E-state index in [9.17, 15) is 0 Å². The van der Waals surface area contributed by atoms with E-state index in [2.05, 4.69) is 36.8 Å². The van der Waals surface area contributed by atoms with Crippen LogP contribution in [0, 0.1) is 0 Å². The molecule has 0 fully saturated rings. The Labute approximate surface area is 87.0 Å². The minimum Gasteiger partial charge on any atom is -0.303 e. The topological polar surface area (TPSA) is 16.1 Å². The number of pyridine rings is 1. The lowest BCUT2D eigenvalue weighted by atomic mass is 10.2. The van der Waals surface area contributed by atoms with Crippen LogP contribution in [0.5, 0.6) is 0 Å². The third kappa shape index (κ3) is 3.46. The molecule has 2 nitrogen and oxygen atoms in total. The summed E-state index contributed by atoms with van der Waals surface area (Å²) in [7, 11) is 2.18. The molecule has 2 heteroatoms. The first-order valence-electron chi connectivity index (χ1n) is 5.34. The summed E-state index contributed by atoms with van der Waals surface area (Å²) in [4.78, 5) is 6.69. The van der Waals surface area contributed by atoms with E-state index in [1.54, 1.807) is 0 Å². The highest BCUT2D eigenvalue weighted by Gasteiger charge is 2.06. The van der Waals surface area contributed by atoms with Crippen LogP contribution in [-0.4, -0.2) is 29.5 Å². The maximum Gasteiger partial charge on any atom is 0.0416 e. The molecular formula is C12H20N2. The molecule has 0 unspecified atom stereocenters. The van der Waals surface area contributed by atoms with Crippen LogP contribution in [0.15, 0.2) is 24.4 Å². The van der Waals surface area contributed by atoms with E-state index in [0.717, 1.165) is 13.0 Å². The van der Waals surface area contributed by atoms with Crippen molar-refractivity contribution in [1.29, 1.82) is 0 Å².